The van der Waals surface area contributed by atoms with Crippen LogP contribution in [0.2, 0.25) is 0 Å². The average molecular weight is 347 g/mol. The number of thiophene rings is 1. The second-order valence-corrected chi connectivity index (χ2v) is 6.96. The van der Waals surface area contributed by atoms with Crippen molar-refractivity contribution >= 4 is 23.1 Å². The zero-order valence-corrected chi connectivity index (χ0v) is 15.1. The van der Waals surface area contributed by atoms with Gasteiger partial charge in [0.05, 0.1) is 11.9 Å². The van der Waals surface area contributed by atoms with Crippen molar-refractivity contribution in [2.75, 3.05) is 31.5 Å². The van der Waals surface area contributed by atoms with Crippen LogP contribution in [0.4, 0.5) is 10.5 Å². The van der Waals surface area contributed by atoms with Gasteiger partial charge in [0.25, 0.3) is 0 Å². The smallest absolute Gasteiger partial charge is 0.322 e. The van der Waals surface area contributed by atoms with Crippen LogP contribution in [-0.4, -0.2) is 51.8 Å². The summed E-state index contributed by atoms with van der Waals surface area (Å²) in [6.07, 6.45) is 4.62. The highest BCUT2D eigenvalue weighted by Crippen LogP contribution is 2.23. The van der Waals surface area contributed by atoms with Crippen LogP contribution in [-0.2, 0) is 6.54 Å². The van der Waals surface area contributed by atoms with E-state index in [2.05, 4.69) is 46.0 Å². The molecule has 1 saturated heterocycles. The van der Waals surface area contributed by atoms with Gasteiger partial charge >= 0.3 is 6.03 Å². The van der Waals surface area contributed by atoms with Crippen LogP contribution in [0.25, 0.3) is 0 Å². The van der Waals surface area contributed by atoms with Gasteiger partial charge in [-0.3, -0.25) is 9.58 Å². The quantitative estimate of drug-likeness (QED) is 0.903. The molecule has 0 saturated carbocycles. The van der Waals surface area contributed by atoms with Gasteiger partial charge in [0.2, 0.25) is 0 Å². The summed E-state index contributed by atoms with van der Waals surface area (Å²) in [6, 6.07) is 2.56. The van der Waals surface area contributed by atoms with E-state index in [1.807, 2.05) is 15.8 Å². The monoisotopic (exact) mass is 347 g/mol. The van der Waals surface area contributed by atoms with Crippen LogP contribution in [0.3, 0.4) is 0 Å². The number of nitrogens with one attached hydrogen (secondary N) is 1. The van der Waals surface area contributed by atoms with E-state index in [1.165, 1.54) is 5.56 Å². The molecule has 1 fully saturated rings. The Morgan fingerprint density at radius 3 is 2.83 bits per heavy atom. The van der Waals surface area contributed by atoms with E-state index in [1.54, 1.807) is 17.5 Å². The van der Waals surface area contributed by atoms with E-state index in [4.69, 9.17) is 0 Å². The summed E-state index contributed by atoms with van der Waals surface area (Å²) < 4.78 is 1.86. The second-order valence-electron chi connectivity index (χ2n) is 6.18. The molecule has 2 aromatic heterocycles. The summed E-state index contributed by atoms with van der Waals surface area (Å²) in [5, 5.41) is 11.5. The van der Waals surface area contributed by atoms with Crippen molar-refractivity contribution in [3.05, 3.63) is 34.8 Å². The second kappa shape index (κ2) is 7.81. The molecule has 0 aliphatic carbocycles. The van der Waals surface area contributed by atoms with Crippen LogP contribution < -0.4 is 5.32 Å². The molecule has 130 valence electrons. The number of aromatic nitrogens is 2. The van der Waals surface area contributed by atoms with Crippen LogP contribution in [0, 0.1) is 0 Å². The van der Waals surface area contributed by atoms with Crippen molar-refractivity contribution in [2.24, 2.45) is 0 Å². The lowest BCUT2D eigenvalue weighted by atomic mass is 10.1. The number of urea groups is 1. The predicted molar refractivity (Wildman–Crippen MR) is 97.4 cm³/mol. The van der Waals surface area contributed by atoms with E-state index in [-0.39, 0.29) is 6.03 Å². The van der Waals surface area contributed by atoms with Gasteiger partial charge < -0.3 is 10.2 Å². The molecule has 2 amide bonds. The van der Waals surface area contributed by atoms with E-state index >= 15 is 0 Å². The fourth-order valence-corrected chi connectivity index (χ4v) is 3.76. The largest absolute Gasteiger partial charge is 0.322 e. The maximum absolute atomic E-state index is 12.4. The first kappa shape index (κ1) is 17.0. The van der Waals surface area contributed by atoms with Crippen LogP contribution in [0.15, 0.2) is 29.2 Å². The first-order valence-electron chi connectivity index (χ1n) is 8.52. The SMILES string of the molecule is CCCn1cc(NC(=O)N2CCN([C@H](C)c3ccsc3)CC2)cn1. The Bertz CT molecular complexity index is 646. The van der Waals surface area contributed by atoms with Crippen molar-refractivity contribution in [2.45, 2.75) is 32.9 Å². The molecule has 1 N–H and O–H groups in total. The number of amides is 2. The molecule has 3 heterocycles. The van der Waals surface area contributed by atoms with Gasteiger partial charge in [0, 0.05) is 45.0 Å². The van der Waals surface area contributed by atoms with Crippen molar-refractivity contribution in [3.8, 4) is 0 Å². The van der Waals surface area contributed by atoms with Crippen molar-refractivity contribution in [1.82, 2.24) is 19.6 Å². The predicted octanol–water partition coefficient (Wildman–Crippen LogP) is 3.27. The zero-order chi connectivity index (χ0) is 16.9. The zero-order valence-electron chi connectivity index (χ0n) is 14.3. The number of nitrogens with zero attached hydrogens (tertiary/aromatic N) is 4. The van der Waals surface area contributed by atoms with Crippen molar-refractivity contribution in [3.63, 3.8) is 0 Å². The molecule has 0 bridgehead atoms. The van der Waals surface area contributed by atoms with Gasteiger partial charge in [0.1, 0.15) is 0 Å². The molecule has 0 unspecified atom stereocenters. The molecule has 1 aliphatic heterocycles. The maximum Gasteiger partial charge on any atom is 0.322 e. The summed E-state index contributed by atoms with van der Waals surface area (Å²) in [4.78, 5) is 16.7. The molecular formula is C17H25N5OS. The first-order chi connectivity index (χ1) is 11.7. The minimum Gasteiger partial charge on any atom is -0.322 e. The standard InChI is InChI=1S/C17H25N5OS/c1-3-5-22-12-16(11-18-22)19-17(23)21-8-6-20(7-9-21)14(2)15-4-10-24-13-15/h4,10-14H,3,5-9H2,1-2H3,(H,19,23)/t14-/m1/s1. The molecule has 2 aromatic rings. The Kier molecular flexibility index (Phi) is 5.52. The van der Waals surface area contributed by atoms with Gasteiger partial charge in [-0.15, -0.1) is 0 Å². The van der Waals surface area contributed by atoms with Gasteiger partial charge in [-0.2, -0.15) is 16.4 Å². The first-order valence-corrected chi connectivity index (χ1v) is 9.46. The van der Waals surface area contributed by atoms with Crippen molar-refractivity contribution < 1.29 is 4.79 Å². The molecule has 6 nitrogen and oxygen atoms in total. The maximum atomic E-state index is 12.4. The summed E-state index contributed by atoms with van der Waals surface area (Å²) in [5.41, 5.74) is 2.13. The van der Waals surface area contributed by atoms with Gasteiger partial charge in [-0.1, -0.05) is 6.92 Å². The molecule has 1 aliphatic rings. The Hall–Kier alpha value is -1.86. The number of carbonyl (C=O) groups is 1. The van der Waals surface area contributed by atoms with E-state index < -0.39 is 0 Å². The van der Waals surface area contributed by atoms with Gasteiger partial charge in [-0.05, 0) is 35.7 Å². The molecule has 0 aromatic carbocycles. The third-order valence-corrected chi connectivity index (χ3v) is 5.21. The Balaban J connectivity index is 1.49. The molecule has 3 rings (SSSR count). The van der Waals surface area contributed by atoms with Crippen LogP contribution in [0.5, 0.6) is 0 Å². The molecule has 7 heteroatoms. The Labute approximate surface area is 147 Å². The normalized spacial score (nSPS) is 17.0. The van der Waals surface area contributed by atoms with Crippen LogP contribution in [0.1, 0.15) is 31.9 Å². The Morgan fingerprint density at radius 1 is 1.38 bits per heavy atom. The van der Waals surface area contributed by atoms with Gasteiger partial charge in [-0.25, -0.2) is 4.79 Å². The van der Waals surface area contributed by atoms with Crippen molar-refractivity contribution in [1.29, 1.82) is 0 Å². The number of anilines is 1. The van der Waals surface area contributed by atoms with E-state index in [9.17, 15) is 4.79 Å². The minimum atomic E-state index is -0.0334. The number of hydrogen-bond acceptors (Lipinski definition) is 4. The number of rotatable bonds is 5. The number of aryl methyl sites for hydroxylation is 1. The lowest BCUT2D eigenvalue weighted by Gasteiger charge is -2.37. The third kappa shape index (κ3) is 3.96. The number of piperazine rings is 1. The van der Waals surface area contributed by atoms with Gasteiger partial charge in [0.15, 0.2) is 0 Å². The lowest BCUT2D eigenvalue weighted by Crippen LogP contribution is -2.50. The Morgan fingerprint density at radius 2 is 2.17 bits per heavy atom. The average Bonchev–Trinajstić information content (AvgIpc) is 3.27. The van der Waals surface area contributed by atoms with E-state index in [0.717, 1.165) is 44.8 Å². The number of hydrogen-bond donors (Lipinski definition) is 1. The highest BCUT2D eigenvalue weighted by Gasteiger charge is 2.25. The molecule has 0 spiro atoms. The lowest BCUT2D eigenvalue weighted by molar-refractivity contribution is 0.119. The fraction of sp³-hybridized carbons (Fsp3) is 0.529. The summed E-state index contributed by atoms with van der Waals surface area (Å²) >= 11 is 1.73. The minimum absolute atomic E-state index is 0.0334. The third-order valence-electron chi connectivity index (χ3n) is 4.51. The van der Waals surface area contributed by atoms with Crippen LogP contribution >= 0.6 is 11.3 Å². The summed E-state index contributed by atoms with van der Waals surface area (Å²) in [7, 11) is 0. The molecular weight excluding hydrogens is 322 g/mol. The number of carbonyl (C=O) groups excluding carboxylic acids is 1. The highest BCUT2D eigenvalue weighted by atomic mass is 32.1. The highest BCUT2D eigenvalue weighted by molar-refractivity contribution is 7.07. The fourth-order valence-electron chi connectivity index (χ4n) is 3.02. The van der Waals surface area contributed by atoms with E-state index in [0.29, 0.717) is 6.04 Å². The topological polar surface area (TPSA) is 53.4 Å². The molecule has 24 heavy (non-hydrogen) atoms. The summed E-state index contributed by atoms with van der Waals surface area (Å²) in [6.45, 7) is 8.53. The molecule has 1 atom stereocenters. The molecule has 0 radical (unpaired) electrons. The summed E-state index contributed by atoms with van der Waals surface area (Å²) in [5.74, 6) is 0.